The van der Waals surface area contributed by atoms with E-state index in [1.165, 1.54) is 12.8 Å². The molecule has 1 atom stereocenters. The standard InChI is InChI=1S/C12H24N2/c1-4-7-9-12(6-3,11-13)14-10-8-5-2/h14H,4,6-7,9-11,13H2,1-3H3. The van der Waals surface area contributed by atoms with Gasteiger partial charge in [0.1, 0.15) is 0 Å². The topological polar surface area (TPSA) is 38.0 Å². The van der Waals surface area contributed by atoms with Crippen LogP contribution < -0.4 is 11.1 Å². The maximum atomic E-state index is 5.83. The minimum atomic E-state index is 0.111. The van der Waals surface area contributed by atoms with Crippen LogP contribution in [0.2, 0.25) is 0 Å². The van der Waals surface area contributed by atoms with Gasteiger partial charge in [0, 0.05) is 12.1 Å². The van der Waals surface area contributed by atoms with Crippen LogP contribution in [0.15, 0.2) is 0 Å². The van der Waals surface area contributed by atoms with Crippen LogP contribution in [0.25, 0.3) is 0 Å². The Hall–Kier alpha value is -0.520. The van der Waals surface area contributed by atoms with Gasteiger partial charge in [-0.25, -0.2) is 0 Å². The highest BCUT2D eigenvalue weighted by molar-refractivity contribution is 5.00. The molecule has 0 saturated carbocycles. The smallest absolute Gasteiger partial charge is 0.0581 e. The summed E-state index contributed by atoms with van der Waals surface area (Å²) in [5.74, 6) is 5.92. The largest absolute Gasteiger partial charge is 0.329 e. The first-order chi connectivity index (χ1) is 6.74. The van der Waals surface area contributed by atoms with E-state index in [0.29, 0.717) is 6.54 Å². The SMILES string of the molecule is CC#CCNC(CC)(CN)CCCC. The van der Waals surface area contributed by atoms with Crippen LogP contribution in [0, 0.1) is 11.8 Å². The monoisotopic (exact) mass is 196 g/mol. The Kier molecular flexibility index (Phi) is 7.55. The van der Waals surface area contributed by atoms with Gasteiger partial charge in [-0.1, -0.05) is 32.6 Å². The van der Waals surface area contributed by atoms with E-state index < -0.39 is 0 Å². The van der Waals surface area contributed by atoms with E-state index in [1.54, 1.807) is 0 Å². The van der Waals surface area contributed by atoms with Crippen LogP contribution in [0.3, 0.4) is 0 Å². The fourth-order valence-electron chi connectivity index (χ4n) is 1.54. The Morgan fingerprint density at radius 3 is 2.50 bits per heavy atom. The van der Waals surface area contributed by atoms with Crippen molar-refractivity contribution in [1.82, 2.24) is 5.32 Å². The number of rotatable bonds is 7. The van der Waals surface area contributed by atoms with E-state index >= 15 is 0 Å². The molecule has 0 rings (SSSR count). The van der Waals surface area contributed by atoms with Crippen LogP contribution >= 0.6 is 0 Å². The third-order valence-corrected chi connectivity index (χ3v) is 2.80. The predicted octanol–water partition coefficient (Wildman–Crippen LogP) is 1.90. The normalized spacial score (nSPS) is 14.3. The Morgan fingerprint density at radius 1 is 1.36 bits per heavy atom. The molecular formula is C12H24N2. The quantitative estimate of drug-likeness (QED) is 0.610. The number of nitrogens with two attached hydrogens (primary N) is 1. The average molecular weight is 196 g/mol. The van der Waals surface area contributed by atoms with Crippen molar-refractivity contribution in [2.45, 2.75) is 52.0 Å². The molecule has 0 aromatic rings. The number of hydrogen-bond donors (Lipinski definition) is 2. The molecule has 1 unspecified atom stereocenters. The van der Waals surface area contributed by atoms with E-state index in [4.69, 9.17) is 5.73 Å². The third-order valence-electron chi connectivity index (χ3n) is 2.80. The summed E-state index contributed by atoms with van der Waals surface area (Å²) in [6.45, 7) is 7.72. The van der Waals surface area contributed by atoms with Crippen LogP contribution in [0.4, 0.5) is 0 Å². The molecule has 0 aromatic heterocycles. The molecule has 0 spiro atoms. The van der Waals surface area contributed by atoms with Crippen LogP contribution in [0.1, 0.15) is 46.5 Å². The fraction of sp³-hybridized carbons (Fsp3) is 0.833. The summed E-state index contributed by atoms with van der Waals surface area (Å²) < 4.78 is 0. The Bertz CT molecular complexity index is 184. The molecule has 0 bridgehead atoms. The summed E-state index contributed by atoms with van der Waals surface area (Å²) in [5, 5.41) is 3.47. The molecule has 0 fully saturated rings. The first-order valence-corrected chi connectivity index (χ1v) is 5.59. The van der Waals surface area contributed by atoms with Crippen LogP contribution in [-0.4, -0.2) is 18.6 Å². The zero-order valence-electron chi connectivity index (χ0n) is 9.82. The van der Waals surface area contributed by atoms with E-state index in [9.17, 15) is 0 Å². The molecular weight excluding hydrogens is 172 g/mol. The fourth-order valence-corrected chi connectivity index (χ4v) is 1.54. The molecule has 0 heterocycles. The molecule has 0 saturated heterocycles. The second kappa shape index (κ2) is 7.84. The van der Waals surface area contributed by atoms with Crippen molar-refractivity contribution in [1.29, 1.82) is 0 Å². The summed E-state index contributed by atoms with van der Waals surface area (Å²) in [4.78, 5) is 0. The molecule has 0 radical (unpaired) electrons. The molecule has 2 heteroatoms. The Balaban J connectivity index is 4.11. The second-order valence-electron chi connectivity index (χ2n) is 3.72. The highest BCUT2D eigenvalue weighted by Crippen LogP contribution is 2.16. The lowest BCUT2D eigenvalue weighted by molar-refractivity contribution is 0.304. The van der Waals surface area contributed by atoms with Gasteiger partial charge in [0.05, 0.1) is 6.54 Å². The van der Waals surface area contributed by atoms with Gasteiger partial charge in [-0.2, -0.15) is 0 Å². The van der Waals surface area contributed by atoms with Crippen molar-refractivity contribution >= 4 is 0 Å². The van der Waals surface area contributed by atoms with E-state index in [0.717, 1.165) is 19.4 Å². The lowest BCUT2D eigenvalue weighted by atomic mass is 9.90. The van der Waals surface area contributed by atoms with Gasteiger partial charge in [-0.3, -0.25) is 5.32 Å². The predicted molar refractivity (Wildman–Crippen MR) is 63.1 cm³/mol. The van der Waals surface area contributed by atoms with Gasteiger partial charge in [0.2, 0.25) is 0 Å². The molecule has 0 aliphatic heterocycles. The maximum Gasteiger partial charge on any atom is 0.0581 e. The highest BCUT2D eigenvalue weighted by Gasteiger charge is 2.24. The van der Waals surface area contributed by atoms with Crippen LogP contribution in [0.5, 0.6) is 0 Å². The highest BCUT2D eigenvalue weighted by atomic mass is 15.0. The lowest BCUT2D eigenvalue weighted by Gasteiger charge is -2.32. The molecule has 0 aromatic carbocycles. The van der Waals surface area contributed by atoms with Gasteiger partial charge in [-0.05, 0) is 19.8 Å². The molecule has 0 aliphatic carbocycles. The molecule has 14 heavy (non-hydrogen) atoms. The average Bonchev–Trinajstić information content (AvgIpc) is 2.24. The summed E-state index contributed by atoms with van der Waals surface area (Å²) in [7, 11) is 0. The van der Waals surface area contributed by atoms with E-state index in [1.807, 2.05) is 6.92 Å². The van der Waals surface area contributed by atoms with Gasteiger partial charge in [0.15, 0.2) is 0 Å². The van der Waals surface area contributed by atoms with E-state index in [2.05, 4.69) is 31.0 Å². The van der Waals surface area contributed by atoms with Crippen molar-refractivity contribution in [2.75, 3.05) is 13.1 Å². The lowest BCUT2D eigenvalue weighted by Crippen LogP contribution is -2.50. The van der Waals surface area contributed by atoms with Crippen molar-refractivity contribution in [3.63, 3.8) is 0 Å². The summed E-state index contributed by atoms with van der Waals surface area (Å²) in [6.07, 6.45) is 4.69. The minimum Gasteiger partial charge on any atom is -0.329 e. The van der Waals surface area contributed by atoms with Crippen molar-refractivity contribution in [2.24, 2.45) is 5.73 Å². The van der Waals surface area contributed by atoms with Gasteiger partial charge < -0.3 is 5.73 Å². The van der Waals surface area contributed by atoms with Crippen molar-refractivity contribution in [3.05, 3.63) is 0 Å². The van der Waals surface area contributed by atoms with Gasteiger partial charge in [-0.15, -0.1) is 5.92 Å². The molecule has 0 amide bonds. The maximum absolute atomic E-state index is 5.83. The summed E-state index contributed by atoms with van der Waals surface area (Å²) >= 11 is 0. The number of unbranched alkanes of at least 4 members (excludes halogenated alkanes) is 1. The molecule has 2 nitrogen and oxygen atoms in total. The molecule has 82 valence electrons. The summed E-state index contributed by atoms with van der Waals surface area (Å²) in [6, 6.07) is 0. The number of hydrogen-bond acceptors (Lipinski definition) is 2. The zero-order chi connectivity index (χ0) is 10.9. The second-order valence-corrected chi connectivity index (χ2v) is 3.72. The molecule has 3 N–H and O–H groups in total. The minimum absolute atomic E-state index is 0.111. The first kappa shape index (κ1) is 13.5. The third kappa shape index (κ3) is 4.64. The Labute approximate surface area is 88.6 Å². The van der Waals surface area contributed by atoms with E-state index in [-0.39, 0.29) is 5.54 Å². The van der Waals surface area contributed by atoms with Crippen LogP contribution in [-0.2, 0) is 0 Å². The van der Waals surface area contributed by atoms with Crippen molar-refractivity contribution < 1.29 is 0 Å². The zero-order valence-corrected chi connectivity index (χ0v) is 9.82. The Morgan fingerprint density at radius 2 is 2.07 bits per heavy atom. The summed E-state index contributed by atoms with van der Waals surface area (Å²) in [5.41, 5.74) is 5.94. The number of nitrogens with one attached hydrogen (secondary N) is 1. The van der Waals surface area contributed by atoms with Gasteiger partial charge >= 0.3 is 0 Å². The first-order valence-electron chi connectivity index (χ1n) is 5.59. The molecule has 0 aliphatic rings. The van der Waals surface area contributed by atoms with Gasteiger partial charge in [0.25, 0.3) is 0 Å². The van der Waals surface area contributed by atoms with Crippen molar-refractivity contribution in [3.8, 4) is 11.8 Å².